The fourth-order valence-corrected chi connectivity index (χ4v) is 3.98. The summed E-state index contributed by atoms with van der Waals surface area (Å²) in [5.41, 5.74) is 3.63. The van der Waals surface area contributed by atoms with E-state index in [1.807, 2.05) is 60.7 Å². The molecule has 166 valence electrons. The molecule has 0 spiro atoms. The van der Waals surface area contributed by atoms with E-state index in [0.29, 0.717) is 19.4 Å². The van der Waals surface area contributed by atoms with E-state index in [4.69, 9.17) is 4.52 Å². The molecule has 7 heteroatoms. The molecule has 0 radical (unpaired) electrons. The number of aromatic nitrogens is 1. The maximum absolute atomic E-state index is 12.9. The lowest BCUT2D eigenvalue weighted by atomic mass is 10.0. The monoisotopic (exact) mass is 433 g/mol. The summed E-state index contributed by atoms with van der Waals surface area (Å²) >= 11 is 0. The number of amides is 2. The Morgan fingerprint density at radius 2 is 1.75 bits per heavy atom. The first kappa shape index (κ1) is 21.8. The lowest BCUT2D eigenvalue weighted by Gasteiger charge is -2.22. The van der Waals surface area contributed by atoms with Crippen molar-refractivity contribution in [3.8, 4) is 11.3 Å². The topological polar surface area (TPSA) is 86.9 Å². The number of aliphatic hydroxyl groups is 1. The van der Waals surface area contributed by atoms with Crippen LogP contribution in [0.1, 0.15) is 17.5 Å². The number of nitrogens with zero attached hydrogens (tertiary/aromatic N) is 3. The predicted octanol–water partition coefficient (Wildman–Crippen LogP) is 2.55. The highest BCUT2D eigenvalue weighted by atomic mass is 16.5. The third-order valence-corrected chi connectivity index (χ3v) is 5.71. The van der Waals surface area contributed by atoms with Crippen molar-refractivity contribution >= 4 is 11.8 Å². The fraction of sp³-hybridized carbons (Fsp3) is 0.320. The van der Waals surface area contributed by atoms with Gasteiger partial charge in [0, 0.05) is 37.2 Å². The molecule has 1 fully saturated rings. The smallest absolute Gasteiger partial charge is 0.242 e. The number of rotatable bonds is 7. The second-order valence-corrected chi connectivity index (χ2v) is 8.06. The number of hydrogen-bond donors (Lipinski definition) is 1. The molecule has 4 rings (SSSR count). The van der Waals surface area contributed by atoms with E-state index >= 15 is 0 Å². The zero-order valence-corrected chi connectivity index (χ0v) is 17.9. The third-order valence-electron chi connectivity index (χ3n) is 5.71. The standard InChI is InChI=1S/C25H27N3O4/c29-22-15-27(14-13-19-7-3-1-4-8-19)24(31)17-28(16-22)23(30)12-11-21-18-32-26-25(21)20-9-5-2-6-10-20/h1-10,18,22,29H,11-17H2. The van der Waals surface area contributed by atoms with Crippen LogP contribution in [0.25, 0.3) is 11.3 Å². The summed E-state index contributed by atoms with van der Waals surface area (Å²) in [7, 11) is 0. The number of aliphatic hydroxyl groups excluding tert-OH is 1. The number of aryl methyl sites for hydroxylation is 1. The van der Waals surface area contributed by atoms with E-state index in [0.717, 1.165) is 22.4 Å². The van der Waals surface area contributed by atoms with Crippen LogP contribution in [-0.2, 0) is 22.4 Å². The molecule has 2 aromatic carbocycles. The van der Waals surface area contributed by atoms with Crippen LogP contribution in [0.2, 0.25) is 0 Å². The Balaban J connectivity index is 1.34. The van der Waals surface area contributed by atoms with Gasteiger partial charge in [-0.1, -0.05) is 65.8 Å². The van der Waals surface area contributed by atoms with Crippen LogP contribution in [0.15, 0.2) is 71.4 Å². The molecule has 2 heterocycles. The van der Waals surface area contributed by atoms with E-state index in [1.54, 1.807) is 11.2 Å². The molecule has 1 saturated heterocycles. The van der Waals surface area contributed by atoms with Gasteiger partial charge in [0.15, 0.2) is 0 Å². The zero-order chi connectivity index (χ0) is 22.3. The van der Waals surface area contributed by atoms with Gasteiger partial charge in [0.2, 0.25) is 11.8 Å². The van der Waals surface area contributed by atoms with Crippen molar-refractivity contribution in [1.82, 2.24) is 15.0 Å². The normalized spacial score (nSPS) is 16.8. The molecule has 0 bridgehead atoms. The van der Waals surface area contributed by atoms with Gasteiger partial charge in [0.1, 0.15) is 12.0 Å². The number of hydrogen-bond acceptors (Lipinski definition) is 5. The summed E-state index contributed by atoms with van der Waals surface area (Å²) < 4.78 is 5.13. The Morgan fingerprint density at radius 3 is 2.50 bits per heavy atom. The average Bonchev–Trinajstić information content (AvgIpc) is 3.23. The van der Waals surface area contributed by atoms with Gasteiger partial charge in [-0.15, -0.1) is 0 Å². The van der Waals surface area contributed by atoms with Gasteiger partial charge in [-0.05, 0) is 18.4 Å². The number of carbonyl (C=O) groups excluding carboxylic acids is 2. The van der Waals surface area contributed by atoms with E-state index < -0.39 is 6.10 Å². The summed E-state index contributed by atoms with van der Waals surface area (Å²) in [5.74, 6) is -0.302. The third kappa shape index (κ3) is 5.42. The quantitative estimate of drug-likeness (QED) is 0.619. The SMILES string of the molecule is O=C1CN(C(=O)CCc2conc2-c2ccccc2)CC(O)CN1CCc1ccccc1. The summed E-state index contributed by atoms with van der Waals surface area (Å²) in [6.07, 6.45) is 2.17. The lowest BCUT2D eigenvalue weighted by Crippen LogP contribution is -2.40. The first-order valence-electron chi connectivity index (χ1n) is 10.9. The molecule has 1 aliphatic rings. The second kappa shape index (κ2) is 10.2. The average molecular weight is 434 g/mol. The van der Waals surface area contributed by atoms with Crippen LogP contribution in [0.4, 0.5) is 0 Å². The molecule has 0 saturated carbocycles. The van der Waals surface area contributed by atoms with Crippen LogP contribution in [-0.4, -0.2) is 64.2 Å². The van der Waals surface area contributed by atoms with Crippen molar-refractivity contribution in [3.63, 3.8) is 0 Å². The van der Waals surface area contributed by atoms with Crippen LogP contribution in [0.3, 0.4) is 0 Å². The molecule has 7 nitrogen and oxygen atoms in total. The minimum atomic E-state index is -0.767. The molecule has 0 aliphatic carbocycles. The Bertz CT molecular complexity index is 1040. The number of β-amino-alcohol motifs (C(OH)–C–C–N with tert-alkyl or cyclic N) is 1. The predicted molar refractivity (Wildman–Crippen MR) is 120 cm³/mol. The summed E-state index contributed by atoms with van der Waals surface area (Å²) in [6, 6.07) is 19.6. The fourth-order valence-electron chi connectivity index (χ4n) is 3.98. The van der Waals surface area contributed by atoms with Gasteiger partial charge in [-0.25, -0.2) is 0 Å². The molecule has 1 N–H and O–H groups in total. The molecule has 32 heavy (non-hydrogen) atoms. The Kier molecular flexibility index (Phi) is 6.97. The Morgan fingerprint density at radius 1 is 1.03 bits per heavy atom. The van der Waals surface area contributed by atoms with Gasteiger partial charge < -0.3 is 19.4 Å². The first-order chi connectivity index (χ1) is 15.6. The van der Waals surface area contributed by atoms with Crippen LogP contribution in [0, 0.1) is 0 Å². The van der Waals surface area contributed by atoms with Crippen LogP contribution >= 0.6 is 0 Å². The van der Waals surface area contributed by atoms with Crippen LogP contribution < -0.4 is 0 Å². The Labute approximate surface area is 187 Å². The summed E-state index contributed by atoms with van der Waals surface area (Å²) in [6.45, 7) is 0.893. The molecule has 1 unspecified atom stereocenters. The van der Waals surface area contributed by atoms with Gasteiger partial charge in [-0.2, -0.15) is 0 Å². The van der Waals surface area contributed by atoms with Crippen LogP contribution in [0.5, 0.6) is 0 Å². The molecule has 1 aromatic heterocycles. The maximum Gasteiger partial charge on any atom is 0.242 e. The van der Waals surface area contributed by atoms with E-state index in [2.05, 4.69) is 5.16 Å². The van der Waals surface area contributed by atoms with E-state index in [9.17, 15) is 14.7 Å². The minimum absolute atomic E-state index is 0.0140. The lowest BCUT2D eigenvalue weighted by molar-refractivity contribution is -0.138. The van der Waals surface area contributed by atoms with Gasteiger partial charge in [0.25, 0.3) is 0 Å². The largest absolute Gasteiger partial charge is 0.389 e. The summed E-state index contributed by atoms with van der Waals surface area (Å²) in [4.78, 5) is 28.7. The molecule has 1 atom stereocenters. The zero-order valence-electron chi connectivity index (χ0n) is 17.9. The van der Waals surface area contributed by atoms with Crippen molar-refractivity contribution in [2.75, 3.05) is 26.2 Å². The molecular formula is C25H27N3O4. The maximum atomic E-state index is 12.9. The number of carbonyl (C=O) groups is 2. The summed E-state index contributed by atoms with van der Waals surface area (Å²) in [5, 5.41) is 14.5. The van der Waals surface area contributed by atoms with Crippen molar-refractivity contribution < 1.29 is 19.2 Å². The molecule has 1 aliphatic heterocycles. The number of benzene rings is 2. The minimum Gasteiger partial charge on any atom is -0.389 e. The van der Waals surface area contributed by atoms with Gasteiger partial charge in [0.05, 0.1) is 12.6 Å². The van der Waals surface area contributed by atoms with Crippen molar-refractivity contribution in [2.45, 2.75) is 25.4 Å². The van der Waals surface area contributed by atoms with Crippen molar-refractivity contribution in [2.24, 2.45) is 0 Å². The molecular weight excluding hydrogens is 406 g/mol. The van der Waals surface area contributed by atoms with E-state index in [-0.39, 0.29) is 37.9 Å². The van der Waals surface area contributed by atoms with Gasteiger partial charge in [-0.3, -0.25) is 9.59 Å². The van der Waals surface area contributed by atoms with Gasteiger partial charge >= 0.3 is 0 Å². The first-order valence-corrected chi connectivity index (χ1v) is 10.9. The Hall–Kier alpha value is -3.45. The molecule has 3 aromatic rings. The second-order valence-electron chi connectivity index (χ2n) is 8.06. The molecule has 2 amide bonds. The van der Waals surface area contributed by atoms with Crippen molar-refractivity contribution in [1.29, 1.82) is 0 Å². The van der Waals surface area contributed by atoms with E-state index in [1.165, 1.54) is 4.90 Å². The highest BCUT2D eigenvalue weighted by Gasteiger charge is 2.29. The highest BCUT2D eigenvalue weighted by Crippen LogP contribution is 2.23. The van der Waals surface area contributed by atoms with Crippen molar-refractivity contribution in [3.05, 3.63) is 78.1 Å². The highest BCUT2D eigenvalue weighted by molar-refractivity contribution is 5.85.